The van der Waals surface area contributed by atoms with Crippen molar-refractivity contribution < 1.29 is 13.9 Å². The summed E-state index contributed by atoms with van der Waals surface area (Å²) in [6, 6.07) is 10.2. The molecule has 5 heteroatoms. The molecule has 0 fully saturated rings. The summed E-state index contributed by atoms with van der Waals surface area (Å²) in [5.74, 6) is 1.18. The zero-order valence-corrected chi connectivity index (χ0v) is 13.1. The van der Waals surface area contributed by atoms with Crippen LogP contribution in [0.3, 0.4) is 0 Å². The Bertz CT molecular complexity index is 602. The van der Waals surface area contributed by atoms with E-state index in [0.29, 0.717) is 18.0 Å². The van der Waals surface area contributed by atoms with Gasteiger partial charge in [0.1, 0.15) is 5.82 Å². The van der Waals surface area contributed by atoms with Gasteiger partial charge in [0.25, 0.3) is 0 Å². The first-order valence-electron chi connectivity index (χ1n) is 6.46. The highest BCUT2D eigenvalue weighted by molar-refractivity contribution is 7.98. The van der Waals surface area contributed by atoms with Gasteiger partial charge >= 0.3 is 0 Å². The number of anilines is 1. The van der Waals surface area contributed by atoms with E-state index in [-0.39, 0.29) is 5.82 Å². The van der Waals surface area contributed by atoms with E-state index in [1.165, 1.54) is 12.1 Å². The van der Waals surface area contributed by atoms with Crippen LogP contribution < -0.4 is 14.8 Å². The normalized spacial score (nSPS) is 10.3. The lowest BCUT2D eigenvalue weighted by atomic mass is 10.2. The number of rotatable bonds is 6. The quantitative estimate of drug-likeness (QED) is 0.811. The number of hydrogen-bond acceptors (Lipinski definition) is 4. The van der Waals surface area contributed by atoms with Crippen molar-refractivity contribution in [3.63, 3.8) is 0 Å². The van der Waals surface area contributed by atoms with Gasteiger partial charge in [-0.2, -0.15) is 0 Å². The second-order valence-corrected chi connectivity index (χ2v) is 5.23. The molecule has 0 aromatic heterocycles. The summed E-state index contributed by atoms with van der Waals surface area (Å²) in [7, 11) is 3.24. The van der Waals surface area contributed by atoms with Crippen LogP contribution in [-0.2, 0) is 6.54 Å². The predicted octanol–water partition coefficient (Wildman–Crippen LogP) is 4.18. The van der Waals surface area contributed by atoms with Gasteiger partial charge in [-0.3, -0.25) is 0 Å². The number of ether oxygens (including phenoxy) is 2. The van der Waals surface area contributed by atoms with Crippen molar-refractivity contribution in [2.45, 2.75) is 11.4 Å². The maximum Gasteiger partial charge on any atom is 0.161 e. The molecule has 0 aliphatic heterocycles. The largest absolute Gasteiger partial charge is 0.493 e. The van der Waals surface area contributed by atoms with Crippen LogP contribution in [0.15, 0.2) is 41.3 Å². The third-order valence-corrected chi connectivity index (χ3v) is 3.93. The van der Waals surface area contributed by atoms with Gasteiger partial charge in [-0.15, -0.1) is 11.8 Å². The maximum atomic E-state index is 12.9. The van der Waals surface area contributed by atoms with Crippen LogP contribution in [0.2, 0.25) is 0 Å². The molecule has 0 bridgehead atoms. The van der Waals surface area contributed by atoms with Gasteiger partial charge in [0.15, 0.2) is 11.5 Å². The second-order valence-electron chi connectivity index (χ2n) is 4.38. The lowest BCUT2D eigenvalue weighted by Gasteiger charge is -2.14. The molecule has 2 aromatic rings. The summed E-state index contributed by atoms with van der Waals surface area (Å²) in [5, 5.41) is 3.28. The first-order valence-corrected chi connectivity index (χ1v) is 7.68. The first kappa shape index (κ1) is 15.5. The molecule has 0 aliphatic carbocycles. The monoisotopic (exact) mass is 307 g/mol. The number of thioether (sulfide) groups is 1. The summed E-state index contributed by atoms with van der Waals surface area (Å²) in [6.45, 7) is 0.627. The van der Waals surface area contributed by atoms with Crippen LogP contribution >= 0.6 is 11.8 Å². The van der Waals surface area contributed by atoms with Gasteiger partial charge in [-0.05, 0) is 48.2 Å². The summed E-state index contributed by atoms with van der Waals surface area (Å²) in [6.07, 6.45) is 2.02. The number of methoxy groups -OCH3 is 2. The minimum atomic E-state index is -0.239. The molecule has 3 nitrogen and oxygen atoms in total. The van der Waals surface area contributed by atoms with E-state index in [9.17, 15) is 4.39 Å². The SMILES string of the molecule is COc1cc(CNc2ccc(F)cc2)c(SC)cc1OC. The van der Waals surface area contributed by atoms with Gasteiger partial charge in [-0.25, -0.2) is 4.39 Å². The standard InChI is InChI=1S/C16H18FNO2S/c1-19-14-8-11(16(21-3)9-15(14)20-2)10-18-13-6-4-12(17)5-7-13/h4-9,18H,10H2,1-3H3. The number of hydrogen-bond donors (Lipinski definition) is 1. The number of nitrogens with one attached hydrogen (secondary N) is 1. The molecule has 0 spiro atoms. The predicted molar refractivity (Wildman–Crippen MR) is 85.1 cm³/mol. The lowest BCUT2D eigenvalue weighted by molar-refractivity contribution is 0.353. The average Bonchev–Trinajstić information content (AvgIpc) is 2.53. The average molecular weight is 307 g/mol. The van der Waals surface area contributed by atoms with Crippen LogP contribution in [-0.4, -0.2) is 20.5 Å². The summed E-state index contributed by atoms with van der Waals surface area (Å²) >= 11 is 1.65. The molecule has 2 rings (SSSR count). The summed E-state index contributed by atoms with van der Waals surface area (Å²) < 4.78 is 23.5. The topological polar surface area (TPSA) is 30.5 Å². The molecule has 1 N–H and O–H groups in total. The molecule has 0 amide bonds. The molecular weight excluding hydrogens is 289 g/mol. The zero-order chi connectivity index (χ0) is 15.2. The number of halogens is 1. The molecule has 0 atom stereocenters. The van der Waals surface area contributed by atoms with Crippen LogP contribution in [0.4, 0.5) is 10.1 Å². The highest BCUT2D eigenvalue weighted by atomic mass is 32.2. The Hall–Kier alpha value is -1.88. The first-order chi connectivity index (χ1) is 10.2. The van der Waals surface area contributed by atoms with Crippen molar-refractivity contribution in [1.82, 2.24) is 0 Å². The lowest BCUT2D eigenvalue weighted by Crippen LogP contribution is -2.02. The minimum absolute atomic E-state index is 0.239. The van der Waals surface area contributed by atoms with Crippen molar-refractivity contribution >= 4 is 17.4 Å². The van der Waals surface area contributed by atoms with E-state index in [1.807, 2.05) is 18.4 Å². The van der Waals surface area contributed by atoms with Gasteiger partial charge in [-0.1, -0.05) is 0 Å². The smallest absolute Gasteiger partial charge is 0.161 e. The van der Waals surface area contributed by atoms with Gasteiger partial charge < -0.3 is 14.8 Å². The Morgan fingerprint density at radius 2 is 1.67 bits per heavy atom. The molecule has 0 heterocycles. The van der Waals surface area contributed by atoms with E-state index < -0.39 is 0 Å². The fourth-order valence-corrected chi connectivity index (χ4v) is 2.61. The van der Waals surface area contributed by atoms with Crippen LogP contribution in [0, 0.1) is 5.82 Å². The molecule has 0 saturated carbocycles. The highest BCUT2D eigenvalue weighted by Crippen LogP contribution is 2.34. The van der Waals surface area contributed by atoms with E-state index in [2.05, 4.69) is 5.32 Å². The molecule has 2 aromatic carbocycles. The van der Waals surface area contributed by atoms with Crippen molar-refractivity contribution in [2.75, 3.05) is 25.8 Å². The molecule has 0 radical (unpaired) electrons. The summed E-state index contributed by atoms with van der Waals surface area (Å²) in [4.78, 5) is 1.11. The van der Waals surface area contributed by atoms with E-state index in [0.717, 1.165) is 16.1 Å². The Morgan fingerprint density at radius 3 is 2.24 bits per heavy atom. The molecule has 112 valence electrons. The van der Waals surface area contributed by atoms with Crippen molar-refractivity contribution in [3.8, 4) is 11.5 Å². The fourth-order valence-electron chi connectivity index (χ4n) is 2.00. The van der Waals surface area contributed by atoms with E-state index >= 15 is 0 Å². The Balaban J connectivity index is 2.20. The van der Waals surface area contributed by atoms with Crippen molar-refractivity contribution in [2.24, 2.45) is 0 Å². The molecule has 0 unspecified atom stereocenters. The van der Waals surface area contributed by atoms with E-state index in [1.54, 1.807) is 38.1 Å². The number of benzene rings is 2. The summed E-state index contributed by atoms with van der Waals surface area (Å²) in [5.41, 5.74) is 1.97. The van der Waals surface area contributed by atoms with Gasteiger partial charge in [0, 0.05) is 17.1 Å². The van der Waals surface area contributed by atoms with Gasteiger partial charge in [0.2, 0.25) is 0 Å². The highest BCUT2D eigenvalue weighted by Gasteiger charge is 2.10. The maximum absolute atomic E-state index is 12.9. The van der Waals surface area contributed by atoms with Crippen molar-refractivity contribution in [1.29, 1.82) is 0 Å². The Kier molecular flexibility index (Phi) is 5.33. The van der Waals surface area contributed by atoms with Crippen molar-refractivity contribution in [3.05, 3.63) is 47.8 Å². The van der Waals surface area contributed by atoms with Crippen LogP contribution in [0.5, 0.6) is 11.5 Å². The van der Waals surface area contributed by atoms with Crippen LogP contribution in [0.25, 0.3) is 0 Å². The molecule has 0 aliphatic rings. The Morgan fingerprint density at radius 1 is 1.05 bits per heavy atom. The fraction of sp³-hybridized carbons (Fsp3) is 0.250. The minimum Gasteiger partial charge on any atom is -0.493 e. The van der Waals surface area contributed by atoms with E-state index in [4.69, 9.17) is 9.47 Å². The molecule has 21 heavy (non-hydrogen) atoms. The Labute approximate surface area is 128 Å². The zero-order valence-electron chi connectivity index (χ0n) is 12.3. The van der Waals surface area contributed by atoms with Crippen LogP contribution in [0.1, 0.15) is 5.56 Å². The third kappa shape index (κ3) is 3.82. The molecule has 0 saturated heterocycles. The molecular formula is C16H18FNO2S. The second kappa shape index (κ2) is 7.22. The van der Waals surface area contributed by atoms with Gasteiger partial charge in [0.05, 0.1) is 14.2 Å². The third-order valence-electron chi connectivity index (χ3n) is 3.11.